The Hall–Kier alpha value is -2.73. The topological polar surface area (TPSA) is 12.5 Å². The first-order chi connectivity index (χ1) is 13.8. The van der Waals surface area contributed by atoms with Crippen LogP contribution in [0.2, 0.25) is 0 Å². The molecule has 3 atom stereocenters. The Morgan fingerprint density at radius 3 is 2.29 bits per heavy atom. The number of benzene rings is 4. The van der Waals surface area contributed by atoms with Crippen LogP contribution in [0.3, 0.4) is 0 Å². The first kappa shape index (κ1) is 16.2. The van der Waals surface area contributed by atoms with Crippen molar-refractivity contribution < 1.29 is 4.74 Å². The summed E-state index contributed by atoms with van der Waals surface area (Å²) in [7, 11) is 0.551. The van der Waals surface area contributed by atoms with Gasteiger partial charge in [-0.15, -0.1) is 0 Å². The number of rotatable bonds is 3. The van der Waals surface area contributed by atoms with Gasteiger partial charge in [0.05, 0.1) is 0 Å². The van der Waals surface area contributed by atoms with Gasteiger partial charge in [0, 0.05) is 0 Å². The molecule has 0 spiro atoms. The lowest BCUT2D eigenvalue weighted by atomic mass is 9.79. The molecule has 0 radical (unpaired) electrons. The fourth-order valence-electron chi connectivity index (χ4n) is 4.62. The maximum Gasteiger partial charge on any atom is 0.158 e. The Morgan fingerprint density at radius 1 is 0.643 bits per heavy atom. The lowest BCUT2D eigenvalue weighted by Gasteiger charge is -2.25. The Kier molecular flexibility index (Phi) is 3.41. The second-order valence-electron chi connectivity index (χ2n) is 7.46. The Morgan fingerprint density at radius 2 is 1.36 bits per heavy atom. The highest BCUT2D eigenvalue weighted by molar-refractivity contribution is 7.49. The van der Waals surface area contributed by atoms with E-state index in [9.17, 15) is 0 Å². The molecule has 0 saturated carbocycles. The molecule has 1 nitrogen and oxygen atoms in total. The van der Waals surface area contributed by atoms with E-state index >= 15 is 0 Å². The van der Waals surface area contributed by atoms with Crippen LogP contribution in [0, 0.1) is 0 Å². The molecular weight excluding hydrogens is 359 g/mol. The Balaban J connectivity index is 1.61. The molecule has 1 saturated heterocycles. The minimum Gasteiger partial charge on any atom is -0.343 e. The fourth-order valence-corrected chi connectivity index (χ4v) is 6.22. The molecule has 28 heavy (non-hydrogen) atoms. The van der Waals surface area contributed by atoms with Crippen molar-refractivity contribution >= 4 is 30.7 Å². The molecule has 1 heterocycles. The number of ether oxygens (including phenoxy) is 1. The molecule has 0 amide bonds. The van der Waals surface area contributed by atoms with E-state index in [2.05, 4.69) is 109 Å². The van der Waals surface area contributed by atoms with Crippen LogP contribution >= 0.6 is 8.58 Å². The molecule has 1 aliphatic heterocycles. The SMILES string of the molecule is C1=CC2(Pc3ccccc3)OC2(c2cccc3ccccc23)c2ccccc21. The molecule has 3 unspecified atom stereocenters. The van der Waals surface area contributed by atoms with Gasteiger partial charge in [-0.3, -0.25) is 0 Å². The molecule has 1 fully saturated rings. The first-order valence-electron chi connectivity index (χ1n) is 9.63. The lowest BCUT2D eigenvalue weighted by molar-refractivity contribution is 0.333. The normalized spacial score (nSPS) is 25.0. The number of hydrogen-bond donors (Lipinski definition) is 0. The quantitative estimate of drug-likeness (QED) is 0.322. The third-order valence-electron chi connectivity index (χ3n) is 5.91. The maximum absolute atomic E-state index is 6.80. The molecule has 0 aromatic heterocycles. The minimum atomic E-state index is -0.423. The Labute approximate surface area is 166 Å². The second-order valence-corrected chi connectivity index (χ2v) is 9.03. The summed E-state index contributed by atoms with van der Waals surface area (Å²) >= 11 is 0. The molecule has 2 heteroatoms. The monoisotopic (exact) mass is 378 g/mol. The van der Waals surface area contributed by atoms with Crippen LogP contribution in [-0.2, 0) is 10.3 Å². The number of fused-ring (bicyclic) bond motifs is 4. The van der Waals surface area contributed by atoms with Gasteiger partial charge in [-0.1, -0.05) is 103 Å². The summed E-state index contributed by atoms with van der Waals surface area (Å²) in [6, 6.07) is 34.6. The predicted molar refractivity (Wildman–Crippen MR) is 118 cm³/mol. The van der Waals surface area contributed by atoms with Crippen molar-refractivity contribution in [1.82, 2.24) is 0 Å². The summed E-state index contributed by atoms with van der Waals surface area (Å²) in [5.74, 6) is 0. The van der Waals surface area contributed by atoms with Crippen LogP contribution in [0.5, 0.6) is 0 Å². The zero-order valence-electron chi connectivity index (χ0n) is 15.3. The zero-order valence-corrected chi connectivity index (χ0v) is 16.3. The third-order valence-corrected chi connectivity index (χ3v) is 7.52. The van der Waals surface area contributed by atoms with Crippen molar-refractivity contribution in [2.45, 2.75) is 10.9 Å². The maximum atomic E-state index is 6.80. The molecule has 134 valence electrons. The highest BCUT2D eigenvalue weighted by Gasteiger charge is 2.72. The van der Waals surface area contributed by atoms with E-state index in [1.165, 1.54) is 32.8 Å². The molecule has 2 aliphatic rings. The van der Waals surface area contributed by atoms with E-state index in [-0.39, 0.29) is 5.34 Å². The van der Waals surface area contributed by atoms with Crippen molar-refractivity contribution in [3.8, 4) is 0 Å². The number of epoxide rings is 1. The van der Waals surface area contributed by atoms with Gasteiger partial charge in [-0.2, -0.15) is 0 Å². The summed E-state index contributed by atoms with van der Waals surface area (Å²) < 4.78 is 6.80. The lowest BCUT2D eigenvalue weighted by Crippen LogP contribution is -2.25. The molecule has 4 aromatic carbocycles. The molecule has 4 aromatic rings. The van der Waals surface area contributed by atoms with Gasteiger partial charge in [-0.25, -0.2) is 0 Å². The van der Waals surface area contributed by atoms with E-state index < -0.39 is 5.60 Å². The smallest absolute Gasteiger partial charge is 0.158 e. The van der Waals surface area contributed by atoms with Gasteiger partial charge in [0.15, 0.2) is 5.60 Å². The minimum absolute atomic E-state index is 0.313. The zero-order chi connectivity index (χ0) is 18.6. The van der Waals surface area contributed by atoms with Crippen LogP contribution in [0.1, 0.15) is 16.7 Å². The van der Waals surface area contributed by atoms with Crippen molar-refractivity contribution in [3.05, 3.63) is 120 Å². The van der Waals surface area contributed by atoms with E-state index in [1.807, 2.05) is 0 Å². The van der Waals surface area contributed by atoms with Gasteiger partial charge in [-0.05, 0) is 47.4 Å². The average Bonchev–Trinajstić information content (AvgIpc) is 3.44. The van der Waals surface area contributed by atoms with Gasteiger partial charge in [0.1, 0.15) is 5.34 Å². The summed E-state index contributed by atoms with van der Waals surface area (Å²) in [6.45, 7) is 0. The van der Waals surface area contributed by atoms with Crippen LogP contribution in [0.25, 0.3) is 16.8 Å². The van der Waals surface area contributed by atoms with Gasteiger partial charge >= 0.3 is 0 Å². The molecular formula is C26H19OP. The summed E-state index contributed by atoms with van der Waals surface area (Å²) in [6.07, 6.45) is 4.53. The standard InChI is InChI=1S/C26H19OP/c1-2-12-21(13-3-1)28-25-18-17-20-10-5-7-15-23(20)26(25,27-25)24-16-8-11-19-9-4-6-14-22(19)24/h1-18,28H. The van der Waals surface area contributed by atoms with Crippen molar-refractivity contribution in [3.63, 3.8) is 0 Å². The fraction of sp³-hybridized carbons (Fsp3) is 0.0769. The van der Waals surface area contributed by atoms with Crippen LogP contribution in [0.4, 0.5) is 0 Å². The summed E-state index contributed by atoms with van der Waals surface area (Å²) in [5, 5.41) is 3.55. The Bertz CT molecular complexity index is 1220. The first-order valence-corrected chi connectivity index (χ1v) is 10.6. The summed E-state index contributed by atoms with van der Waals surface area (Å²) in [5.41, 5.74) is 3.37. The van der Waals surface area contributed by atoms with Gasteiger partial charge in [0.2, 0.25) is 0 Å². The third kappa shape index (κ3) is 2.15. The highest BCUT2D eigenvalue weighted by atomic mass is 31.1. The molecule has 1 aliphatic carbocycles. The molecule has 0 bridgehead atoms. The summed E-state index contributed by atoms with van der Waals surface area (Å²) in [4.78, 5) is 0. The van der Waals surface area contributed by atoms with E-state index in [0.29, 0.717) is 8.58 Å². The predicted octanol–water partition coefficient (Wildman–Crippen LogP) is 5.84. The largest absolute Gasteiger partial charge is 0.343 e. The van der Waals surface area contributed by atoms with Crippen LogP contribution < -0.4 is 5.30 Å². The van der Waals surface area contributed by atoms with E-state index in [0.717, 1.165) is 0 Å². The van der Waals surface area contributed by atoms with E-state index in [1.54, 1.807) is 0 Å². The van der Waals surface area contributed by atoms with E-state index in [4.69, 9.17) is 4.74 Å². The molecule has 6 rings (SSSR count). The van der Waals surface area contributed by atoms with Crippen LogP contribution in [-0.4, -0.2) is 5.34 Å². The van der Waals surface area contributed by atoms with Crippen LogP contribution in [0.15, 0.2) is 103 Å². The van der Waals surface area contributed by atoms with Crippen molar-refractivity contribution in [2.24, 2.45) is 0 Å². The number of hydrogen-bond acceptors (Lipinski definition) is 1. The second kappa shape index (κ2) is 5.88. The highest BCUT2D eigenvalue weighted by Crippen LogP contribution is 2.71. The van der Waals surface area contributed by atoms with Gasteiger partial charge in [0.25, 0.3) is 0 Å². The molecule has 0 N–H and O–H groups in total. The van der Waals surface area contributed by atoms with Crippen molar-refractivity contribution in [1.29, 1.82) is 0 Å². The van der Waals surface area contributed by atoms with Crippen molar-refractivity contribution in [2.75, 3.05) is 0 Å². The average molecular weight is 378 g/mol. The van der Waals surface area contributed by atoms with Gasteiger partial charge < -0.3 is 4.74 Å².